The minimum atomic E-state index is -0.424. The smallest absolute Gasteiger partial charge is 0.144 e. The summed E-state index contributed by atoms with van der Waals surface area (Å²) in [5.74, 6) is -0.424. The molecular weight excluding hydrogens is 189 g/mol. The highest BCUT2D eigenvalue weighted by Gasteiger charge is 2.05. The van der Waals surface area contributed by atoms with Gasteiger partial charge in [-0.3, -0.25) is 4.98 Å². The molecule has 0 saturated heterocycles. The molecule has 0 saturated carbocycles. The summed E-state index contributed by atoms with van der Waals surface area (Å²) in [6.07, 6.45) is 0. The Morgan fingerprint density at radius 3 is 2.69 bits per heavy atom. The number of benzene rings is 1. The minimum Gasteiger partial charge on any atom is -0.251 e. The Balaban J connectivity index is 2.89. The van der Waals surface area contributed by atoms with E-state index >= 15 is 0 Å². The van der Waals surface area contributed by atoms with Gasteiger partial charge in [0, 0.05) is 11.1 Å². The van der Waals surface area contributed by atoms with Gasteiger partial charge in [-0.1, -0.05) is 17.7 Å². The van der Waals surface area contributed by atoms with Crippen LogP contribution in [0.3, 0.4) is 0 Å². The second-order valence-electron chi connectivity index (χ2n) is 2.89. The van der Waals surface area contributed by atoms with E-state index in [2.05, 4.69) is 4.98 Å². The van der Waals surface area contributed by atoms with Crippen LogP contribution >= 0.6 is 11.6 Å². The Labute approximate surface area is 80.2 Å². The van der Waals surface area contributed by atoms with Crippen molar-refractivity contribution in [3.8, 4) is 0 Å². The van der Waals surface area contributed by atoms with Gasteiger partial charge in [0.05, 0.1) is 5.52 Å². The first-order valence-electron chi connectivity index (χ1n) is 3.90. The molecule has 2 aromatic rings. The maximum Gasteiger partial charge on any atom is 0.144 e. The lowest BCUT2D eigenvalue weighted by molar-refractivity contribution is 0.630. The van der Waals surface area contributed by atoms with Crippen LogP contribution in [0.4, 0.5) is 4.39 Å². The van der Waals surface area contributed by atoms with E-state index in [-0.39, 0.29) is 5.02 Å². The second-order valence-corrected chi connectivity index (χ2v) is 3.26. The average molecular weight is 196 g/mol. The van der Waals surface area contributed by atoms with Crippen LogP contribution in [0, 0.1) is 12.7 Å². The van der Waals surface area contributed by atoms with E-state index in [1.54, 1.807) is 6.07 Å². The lowest BCUT2D eigenvalue weighted by atomic mass is 10.2. The number of aryl methyl sites for hydroxylation is 1. The number of nitrogens with zero attached hydrogens (tertiary/aromatic N) is 1. The molecule has 0 N–H and O–H groups in total. The van der Waals surface area contributed by atoms with E-state index in [1.165, 1.54) is 6.07 Å². The Morgan fingerprint density at radius 2 is 1.92 bits per heavy atom. The lowest BCUT2D eigenvalue weighted by Crippen LogP contribution is -1.86. The van der Waals surface area contributed by atoms with Crippen molar-refractivity contribution in [3.63, 3.8) is 0 Å². The van der Waals surface area contributed by atoms with Gasteiger partial charge in [0.2, 0.25) is 0 Å². The fourth-order valence-corrected chi connectivity index (χ4v) is 1.44. The predicted molar refractivity (Wildman–Crippen MR) is 51.4 cm³/mol. The highest BCUT2D eigenvalue weighted by Crippen LogP contribution is 2.24. The first-order chi connectivity index (χ1) is 6.18. The van der Waals surface area contributed by atoms with Crippen LogP contribution in [0.2, 0.25) is 5.02 Å². The van der Waals surface area contributed by atoms with E-state index < -0.39 is 5.82 Å². The van der Waals surface area contributed by atoms with Crippen LogP contribution in [0.5, 0.6) is 0 Å². The summed E-state index contributed by atoms with van der Waals surface area (Å²) in [7, 11) is 0. The van der Waals surface area contributed by atoms with E-state index in [1.807, 2.05) is 19.1 Å². The number of rotatable bonds is 0. The van der Waals surface area contributed by atoms with Crippen molar-refractivity contribution in [2.24, 2.45) is 0 Å². The molecule has 13 heavy (non-hydrogen) atoms. The maximum atomic E-state index is 13.0. The predicted octanol–water partition coefficient (Wildman–Crippen LogP) is 3.34. The van der Waals surface area contributed by atoms with Crippen molar-refractivity contribution >= 4 is 22.5 Å². The van der Waals surface area contributed by atoms with Gasteiger partial charge in [-0.05, 0) is 25.1 Å². The molecule has 0 aliphatic carbocycles. The number of halogens is 2. The third-order valence-corrected chi connectivity index (χ3v) is 2.25. The highest BCUT2D eigenvalue weighted by molar-refractivity contribution is 6.35. The third kappa shape index (κ3) is 1.38. The van der Waals surface area contributed by atoms with Gasteiger partial charge in [0.1, 0.15) is 10.8 Å². The third-order valence-electron chi connectivity index (χ3n) is 1.89. The van der Waals surface area contributed by atoms with Crippen LogP contribution in [-0.4, -0.2) is 4.98 Å². The molecule has 0 unspecified atom stereocenters. The monoisotopic (exact) mass is 195 g/mol. The summed E-state index contributed by atoms with van der Waals surface area (Å²) in [4.78, 5) is 4.16. The summed E-state index contributed by atoms with van der Waals surface area (Å²) in [6.45, 7) is 1.85. The van der Waals surface area contributed by atoms with Crippen molar-refractivity contribution in [3.05, 3.63) is 40.8 Å². The van der Waals surface area contributed by atoms with Crippen molar-refractivity contribution in [1.29, 1.82) is 0 Å². The number of fused-ring (bicyclic) bond motifs is 1. The topological polar surface area (TPSA) is 12.9 Å². The zero-order valence-corrected chi connectivity index (χ0v) is 7.77. The Kier molecular flexibility index (Phi) is 1.93. The molecule has 0 radical (unpaired) electrons. The van der Waals surface area contributed by atoms with Gasteiger partial charge >= 0.3 is 0 Å². The number of aromatic nitrogens is 1. The summed E-state index contributed by atoms with van der Waals surface area (Å²) < 4.78 is 13.0. The first-order valence-corrected chi connectivity index (χ1v) is 4.27. The molecule has 0 spiro atoms. The van der Waals surface area contributed by atoms with Crippen molar-refractivity contribution < 1.29 is 4.39 Å². The summed E-state index contributed by atoms with van der Waals surface area (Å²) in [6, 6.07) is 6.77. The van der Waals surface area contributed by atoms with Crippen LogP contribution in [0.15, 0.2) is 24.3 Å². The minimum absolute atomic E-state index is 0.0983. The van der Waals surface area contributed by atoms with E-state index in [0.717, 1.165) is 11.1 Å². The van der Waals surface area contributed by atoms with E-state index in [0.29, 0.717) is 5.52 Å². The molecule has 0 bridgehead atoms. The molecule has 0 fully saturated rings. The van der Waals surface area contributed by atoms with Gasteiger partial charge < -0.3 is 0 Å². The van der Waals surface area contributed by atoms with Gasteiger partial charge in [-0.2, -0.15) is 0 Å². The Bertz CT molecular complexity index is 462. The number of hydrogen-bond donors (Lipinski definition) is 0. The normalized spacial score (nSPS) is 10.7. The number of hydrogen-bond acceptors (Lipinski definition) is 1. The van der Waals surface area contributed by atoms with Gasteiger partial charge in [0.15, 0.2) is 0 Å². The van der Waals surface area contributed by atoms with Crippen LogP contribution < -0.4 is 0 Å². The van der Waals surface area contributed by atoms with Crippen LogP contribution in [-0.2, 0) is 0 Å². The standard InChI is InChI=1S/C10H7ClFN/c1-6-2-3-7-4-5-8(12)9(11)10(7)13-6/h2-5H,1H3. The zero-order chi connectivity index (χ0) is 9.42. The fraction of sp³-hybridized carbons (Fsp3) is 0.100. The van der Waals surface area contributed by atoms with Crippen LogP contribution in [0.1, 0.15) is 5.69 Å². The fourth-order valence-electron chi connectivity index (χ4n) is 1.23. The Morgan fingerprint density at radius 1 is 1.23 bits per heavy atom. The molecular formula is C10H7ClFN. The molecule has 66 valence electrons. The van der Waals surface area contributed by atoms with E-state index in [9.17, 15) is 4.39 Å². The quantitative estimate of drug-likeness (QED) is 0.628. The summed E-state index contributed by atoms with van der Waals surface area (Å²) >= 11 is 5.76. The summed E-state index contributed by atoms with van der Waals surface area (Å²) in [5.41, 5.74) is 1.36. The van der Waals surface area contributed by atoms with E-state index in [4.69, 9.17) is 11.6 Å². The van der Waals surface area contributed by atoms with Crippen molar-refractivity contribution in [1.82, 2.24) is 4.98 Å². The average Bonchev–Trinajstić information content (AvgIpc) is 2.12. The molecule has 2 rings (SSSR count). The molecule has 1 aromatic heterocycles. The lowest BCUT2D eigenvalue weighted by Gasteiger charge is -2.01. The Hall–Kier alpha value is -1.15. The maximum absolute atomic E-state index is 13.0. The molecule has 0 amide bonds. The number of pyridine rings is 1. The van der Waals surface area contributed by atoms with Crippen molar-refractivity contribution in [2.45, 2.75) is 6.92 Å². The SMILES string of the molecule is Cc1ccc2ccc(F)c(Cl)c2n1. The highest BCUT2D eigenvalue weighted by atomic mass is 35.5. The second kappa shape index (κ2) is 2.96. The van der Waals surface area contributed by atoms with Gasteiger partial charge in [0.25, 0.3) is 0 Å². The largest absolute Gasteiger partial charge is 0.251 e. The van der Waals surface area contributed by atoms with Gasteiger partial charge in [-0.25, -0.2) is 4.39 Å². The first kappa shape index (κ1) is 8.45. The van der Waals surface area contributed by atoms with Crippen molar-refractivity contribution in [2.75, 3.05) is 0 Å². The molecule has 0 atom stereocenters. The molecule has 1 nitrogen and oxygen atoms in total. The molecule has 0 aliphatic rings. The molecule has 0 aliphatic heterocycles. The van der Waals surface area contributed by atoms with Gasteiger partial charge in [-0.15, -0.1) is 0 Å². The van der Waals surface area contributed by atoms with Crippen LogP contribution in [0.25, 0.3) is 10.9 Å². The molecule has 1 aromatic carbocycles. The zero-order valence-electron chi connectivity index (χ0n) is 7.01. The molecule has 3 heteroatoms. The summed E-state index contributed by atoms with van der Waals surface area (Å²) in [5, 5.41) is 0.957. The molecule has 1 heterocycles.